The SMILES string of the molecule is CCn1nc(C)c(NC(=O)NCc2cccc(OC)c2)c1C(=O)OC. The molecule has 0 saturated heterocycles. The van der Waals surface area contributed by atoms with E-state index in [4.69, 9.17) is 9.47 Å². The Kier molecular flexibility index (Phi) is 5.99. The van der Waals surface area contributed by atoms with E-state index >= 15 is 0 Å². The second-order valence-electron chi connectivity index (χ2n) is 5.28. The lowest BCUT2D eigenvalue weighted by molar-refractivity contribution is 0.0588. The summed E-state index contributed by atoms with van der Waals surface area (Å²) in [6.07, 6.45) is 0. The first-order valence-electron chi connectivity index (χ1n) is 7.83. The fourth-order valence-electron chi connectivity index (χ4n) is 2.39. The first-order chi connectivity index (χ1) is 12.0. The largest absolute Gasteiger partial charge is 0.497 e. The molecule has 8 nitrogen and oxygen atoms in total. The molecule has 0 aliphatic heterocycles. The first-order valence-corrected chi connectivity index (χ1v) is 7.83. The van der Waals surface area contributed by atoms with Crippen LogP contribution >= 0.6 is 0 Å². The van der Waals surface area contributed by atoms with E-state index in [9.17, 15) is 9.59 Å². The lowest BCUT2D eigenvalue weighted by Gasteiger charge is -2.10. The van der Waals surface area contributed by atoms with E-state index in [1.165, 1.54) is 11.8 Å². The molecule has 0 aliphatic carbocycles. The average Bonchev–Trinajstić information content (AvgIpc) is 2.95. The van der Waals surface area contributed by atoms with Crippen molar-refractivity contribution in [2.75, 3.05) is 19.5 Å². The number of carbonyl (C=O) groups is 2. The predicted octanol–water partition coefficient (Wildman–Crippen LogP) is 2.33. The summed E-state index contributed by atoms with van der Waals surface area (Å²) >= 11 is 0. The van der Waals surface area contributed by atoms with Crippen LogP contribution < -0.4 is 15.4 Å². The van der Waals surface area contributed by atoms with Crippen molar-refractivity contribution in [3.8, 4) is 5.75 Å². The van der Waals surface area contributed by atoms with Crippen LogP contribution in [-0.4, -0.2) is 36.0 Å². The van der Waals surface area contributed by atoms with Crippen LogP contribution in [0.5, 0.6) is 5.75 Å². The number of urea groups is 1. The molecule has 8 heteroatoms. The molecule has 0 fully saturated rings. The van der Waals surface area contributed by atoms with Crippen LogP contribution in [0, 0.1) is 6.92 Å². The molecule has 0 bridgehead atoms. The third-order valence-electron chi connectivity index (χ3n) is 3.63. The van der Waals surface area contributed by atoms with Crippen LogP contribution in [0.15, 0.2) is 24.3 Å². The van der Waals surface area contributed by atoms with Crippen LogP contribution in [0.2, 0.25) is 0 Å². The molecule has 134 valence electrons. The van der Waals surface area contributed by atoms with Crippen LogP contribution in [0.4, 0.5) is 10.5 Å². The highest BCUT2D eigenvalue weighted by atomic mass is 16.5. The zero-order valence-corrected chi connectivity index (χ0v) is 14.8. The summed E-state index contributed by atoms with van der Waals surface area (Å²) in [7, 11) is 2.87. The Morgan fingerprint density at radius 2 is 2.04 bits per heavy atom. The van der Waals surface area contributed by atoms with E-state index in [0.29, 0.717) is 30.2 Å². The van der Waals surface area contributed by atoms with Gasteiger partial charge in [-0.2, -0.15) is 5.10 Å². The third kappa shape index (κ3) is 4.28. The number of hydrogen-bond donors (Lipinski definition) is 2. The minimum Gasteiger partial charge on any atom is -0.497 e. The van der Waals surface area contributed by atoms with Crippen molar-refractivity contribution < 1.29 is 19.1 Å². The first kappa shape index (κ1) is 18.3. The molecule has 0 aliphatic rings. The minimum atomic E-state index is -0.550. The van der Waals surface area contributed by atoms with Crippen molar-refractivity contribution in [2.45, 2.75) is 26.9 Å². The van der Waals surface area contributed by atoms with Crippen molar-refractivity contribution in [1.82, 2.24) is 15.1 Å². The molecule has 0 unspecified atom stereocenters. The van der Waals surface area contributed by atoms with E-state index in [2.05, 4.69) is 15.7 Å². The van der Waals surface area contributed by atoms with Crippen molar-refractivity contribution in [1.29, 1.82) is 0 Å². The smallest absolute Gasteiger partial charge is 0.358 e. The molecular weight excluding hydrogens is 324 g/mol. The minimum absolute atomic E-state index is 0.221. The quantitative estimate of drug-likeness (QED) is 0.783. The normalized spacial score (nSPS) is 10.2. The molecule has 25 heavy (non-hydrogen) atoms. The fourth-order valence-corrected chi connectivity index (χ4v) is 2.39. The number of anilines is 1. The number of methoxy groups -OCH3 is 2. The Balaban J connectivity index is 2.10. The Hall–Kier alpha value is -3.03. The van der Waals surface area contributed by atoms with Crippen molar-refractivity contribution in [2.24, 2.45) is 0 Å². The molecule has 0 saturated carbocycles. The molecule has 2 amide bonds. The van der Waals surface area contributed by atoms with E-state index < -0.39 is 12.0 Å². The van der Waals surface area contributed by atoms with Gasteiger partial charge in [0.1, 0.15) is 5.75 Å². The highest BCUT2D eigenvalue weighted by Crippen LogP contribution is 2.21. The van der Waals surface area contributed by atoms with E-state index in [0.717, 1.165) is 5.56 Å². The van der Waals surface area contributed by atoms with Gasteiger partial charge >= 0.3 is 12.0 Å². The van der Waals surface area contributed by atoms with Gasteiger partial charge in [0.25, 0.3) is 0 Å². The van der Waals surface area contributed by atoms with Gasteiger partial charge in [0.15, 0.2) is 5.69 Å². The van der Waals surface area contributed by atoms with Gasteiger partial charge in [-0.05, 0) is 31.5 Å². The number of carbonyl (C=O) groups excluding carboxylic acids is 2. The van der Waals surface area contributed by atoms with E-state index in [1.54, 1.807) is 14.0 Å². The Morgan fingerprint density at radius 3 is 2.68 bits per heavy atom. The van der Waals surface area contributed by atoms with Crippen LogP contribution in [0.3, 0.4) is 0 Å². The summed E-state index contributed by atoms with van der Waals surface area (Å²) in [5.74, 6) is 0.165. The van der Waals surface area contributed by atoms with Crippen LogP contribution in [-0.2, 0) is 17.8 Å². The maximum absolute atomic E-state index is 12.2. The number of nitrogens with zero attached hydrogens (tertiary/aromatic N) is 2. The Morgan fingerprint density at radius 1 is 1.28 bits per heavy atom. The number of aryl methyl sites for hydroxylation is 2. The maximum atomic E-state index is 12.2. The molecule has 0 radical (unpaired) electrons. The predicted molar refractivity (Wildman–Crippen MR) is 92.8 cm³/mol. The zero-order chi connectivity index (χ0) is 18.4. The molecule has 1 aromatic heterocycles. The van der Waals surface area contributed by atoms with Gasteiger partial charge in [-0.25, -0.2) is 9.59 Å². The molecule has 2 aromatic rings. The number of nitrogens with one attached hydrogen (secondary N) is 2. The van der Waals surface area contributed by atoms with Crippen molar-refractivity contribution >= 4 is 17.7 Å². The molecule has 2 N–H and O–H groups in total. The summed E-state index contributed by atoms with van der Waals surface area (Å²) in [4.78, 5) is 24.2. The number of amides is 2. The van der Waals surface area contributed by atoms with Gasteiger partial charge in [-0.15, -0.1) is 0 Å². The summed E-state index contributed by atoms with van der Waals surface area (Å²) in [5, 5.41) is 9.67. The van der Waals surface area contributed by atoms with Crippen LogP contribution in [0.25, 0.3) is 0 Å². The molecular formula is C17H22N4O4. The number of rotatable bonds is 6. The second kappa shape index (κ2) is 8.18. The van der Waals surface area contributed by atoms with E-state index in [-0.39, 0.29) is 5.69 Å². The van der Waals surface area contributed by atoms with Crippen molar-refractivity contribution in [3.05, 3.63) is 41.2 Å². The molecule has 1 aromatic carbocycles. The summed E-state index contributed by atoms with van der Waals surface area (Å²) < 4.78 is 11.4. The summed E-state index contributed by atoms with van der Waals surface area (Å²) in [6.45, 7) is 4.37. The lowest BCUT2D eigenvalue weighted by atomic mass is 10.2. The number of esters is 1. The van der Waals surface area contributed by atoms with Gasteiger partial charge in [0.05, 0.1) is 25.6 Å². The standard InChI is InChI=1S/C17H22N4O4/c1-5-21-15(16(22)25-4)14(11(2)20-21)19-17(23)18-10-12-7-6-8-13(9-12)24-3/h6-9H,5,10H2,1-4H3,(H2,18,19,23). The monoisotopic (exact) mass is 346 g/mol. The van der Waals surface area contributed by atoms with Crippen LogP contribution in [0.1, 0.15) is 28.7 Å². The van der Waals surface area contributed by atoms with Crippen molar-refractivity contribution in [3.63, 3.8) is 0 Å². The van der Waals surface area contributed by atoms with Gasteiger partial charge in [-0.1, -0.05) is 12.1 Å². The zero-order valence-electron chi connectivity index (χ0n) is 14.8. The average molecular weight is 346 g/mol. The summed E-state index contributed by atoms with van der Waals surface area (Å²) in [5.41, 5.74) is 2.00. The van der Waals surface area contributed by atoms with Gasteiger partial charge in [0, 0.05) is 13.1 Å². The molecule has 0 atom stereocenters. The Labute approximate surface area is 146 Å². The lowest BCUT2D eigenvalue weighted by Crippen LogP contribution is -2.29. The Bertz CT molecular complexity index is 770. The summed E-state index contributed by atoms with van der Waals surface area (Å²) in [6, 6.07) is 6.95. The molecule has 0 spiro atoms. The highest BCUT2D eigenvalue weighted by molar-refractivity contribution is 6.00. The fraction of sp³-hybridized carbons (Fsp3) is 0.353. The van der Waals surface area contributed by atoms with Gasteiger partial charge < -0.3 is 20.1 Å². The maximum Gasteiger partial charge on any atom is 0.358 e. The molecule has 2 rings (SSSR count). The second-order valence-corrected chi connectivity index (χ2v) is 5.28. The van der Waals surface area contributed by atoms with Gasteiger partial charge in [0.2, 0.25) is 0 Å². The van der Waals surface area contributed by atoms with E-state index in [1.807, 2.05) is 31.2 Å². The number of aromatic nitrogens is 2. The number of benzene rings is 1. The number of ether oxygens (including phenoxy) is 2. The topological polar surface area (TPSA) is 94.5 Å². The highest BCUT2D eigenvalue weighted by Gasteiger charge is 2.23. The third-order valence-corrected chi connectivity index (χ3v) is 3.63. The van der Waals surface area contributed by atoms with Gasteiger partial charge in [-0.3, -0.25) is 4.68 Å². The number of hydrogen-bond acceptors (Lipinski definition) is 5. The molecule has 1 heterocycles.